The van der Waals surface area contributed by atoms with Crippen molar-refractivity contribution >= 4 is 21.7 Å². The Morgan fingerprint density at radius 1 is 1.53 bits per heavy atom. The number of carbonyl (C=O) groups excluding carboxylic acids is 1. The van der Waals surface area contributed by atoms with E-state index in [9.17, 15) is 13.2 Å². The molecule has 1 aliphatic rings. The zero-order valence-corrected chi connectivity index (χ0v) is 11.6. The number of anilines is 1. The average molecular weight is 287 g/mol. The van der Waals surface area contributed by atoms with E-state index in [4.69, 9.17) is 5.73 Å². The summed E-state index contributed by atoms with van der Waals surface area (Å²) in [5.74, 6) is -0.0835. The van der Waals surface area contributed by atoms with Crippen LogP contribution in [-0.2, 0) is 21.9 Å². The number of sulfonamides is 1. The fourth-order valence-corrected chi connectivity index (χ4v) is 3.65. The zero-order chi connectivity index (χ0) is 14.2. The molecule has 1 aliphatic heterocycles. The smallest absolute Gasteiger partial charge is 0.246 e. The van der Waals surface area contributed by atoms with Crippen LogP contribution < -0.4 is 15.8 Å². The van der Waals surface area contributed by atoms with Crippen molar-refractivity contribution in [1.29, 1.82) is 0 Å². The van der Waals surface area contributed by atoms with Gasteiger partial charge in [-0.25, -0.2) is 13.1 Å². The van der Waals surface area contributed by atoms with Crippen molar-refractivity contribution in [3.05, 3.63) is 5.69 Å². The molecule has 8 nitrogen and oxygen atoms in total. The summed E-state index contributed by atoms with van der Waals surface area (Å²) >= 11 is 0. The molecule has 0 saturated carbocycles. The largest absolute Gasteiger partial charge is 0.381 e. The van der Waals surface area contributed by atoms with Crippen LogP contribution in [0.15, 0.2) is 4.90 Å². The van der Waals surface area contributed by atoms with Gasteiger partial charge in [-0.3, -0.25) is 9.48 Å². The molecule has 19 heavy (non-hydrogen) atoms. The zero-order valence-electron chi connectivity index (χ0n) is 10.8. The summed E-state index contributed by atoms with van der Waals surface area (Å²) in [4.78, 5) is 11.0. The number of hydrogen-bond donors (Lipinski definition) is 3. The van der Waals surface area contributed by atoms with E-state index in [2.05, 4.69) is 15.1 Å². The molecule has 1 aromatic heterocycles. The van der Waals surface area contributed by atoms with E-state index >= 15 is 0 Å². The Hall–Kier alpha value is -1.61. The number of carbonyl (C=O) groups is 1. The van der Waals surface area contributed by atoms with Gasteiger partial charge in [-0.2, -0.15) is 5.10 Å². The summed E-state index contributed by atoms with van der Waals surface area (Å²) in [5.41, 5.74) is 6.11. The lowest BCUT2D eigenvalue weighted by molar-refractivity contribution is -0.122. The van der Waals surface area contributed by atoms with Gasteiger partial charge < -0.3 is 11.1 Å². The van der Waals surface area contributed by atoms with Crippen molar-refractivity contribution in [1.82, 2.24) is 19.8 Å². The molecule has 0 bridgehead atoms. The maximum Gasteiger partial charge on any atom is 0.246 e. The molecule has 0 radical (unpaired) electrons. The number of nitrogens with one attached hydrogen (secondary N) is 2. The molecule has 1 unspecified atom stereocenters. The standard InChI is InChI=1S/C10H17N5O3S/c1-6-9(10(11)13-15(6)2)19(17,18)14-7-3-4-8(16)12-5-7/h7,14H,3-5H2,1-2H3,(H2,11,13)(H,12,16). The quantitative estimate of drug-likeness (QED) is 0.650. The minimum atomic E-state index is -3.73. The number of piperidine rings is 1. The normalized spacial score (nSPS) is 20.3. The van der Waals surface area contributed by atoms with Gasteiger partial charge in [0, 0.05) is 26.1 Å². The average Bonchev–Trinajstić information content (AvgIpc) is 2.56. The van der Waals surface area contributed by atoms with Gasteiger partial charge in [0.2, 0.25) is 15.9 Å². The van der Waals surface area contributed by atoms with Gasteiger partial charge in [0.25, 0.3) is 0 Å². The van der Waals surface area contributed by atoms with Crippen molar-refractivity contribution < 1.29 is 13.2 Å². The van der Waals surface area contributed by atoms with Gasteiger partial charge in [0.15, 0.2) is 5.82 Å². The number of nitrogens with zero attached hydrogens (tertiary/aromatic N) is 2. The van der Waals surface area contributed by atoms with Crippen LogP contribution >= 0.6 is 0 Å². The number of nitrogens with two attached hydrogens (primary N) is 1. The molecule has 106 valence electrons. The number of hydrogen-bond acceptors (Lipinski definition) is 5. The van der Waals surface area contributed by atoms with Gasteiger partial charge >= 0.3 is 0 Å². The Labute approximate surface area is 111 Å². The summed E-state index contributed by atoms with van der Waals surface area (Å²) in [5, 5.41) is 6.51. The number of nitrogen functional groups attached to an aromatic ring is 1. The second-order valence-corrected chi connectivity index (χ2v) is 6.24. The van der Waals surface area contributed by atoms with E-state index in [0.717, 1.165) is 0 Å². The maximum atomic E-state index is 12.3. The fourth-order valence-electron chi connectivity index (χ4n) is 2.06. The first-order chi connectivity index (χ1) is 8.81. The first-order valence-corrected chi connectivity index (χ1v) is 7.37. The third kappa shape index (κ3) is 2.71. The van der Waals surface area contributed by atoms with E-state index in [0.29, 0.717) is 18.5 Å². The number of rotatable bonds is 3. The summed E-state index contributed by atoms with van der Waals surface area (Å²) < 4.78 is 28.5. The molecule has 1 saturated heterocycles. The van der Waals surface area contributed by atoms with Crippen LogP contribution in [-0.4, -0.2) is 36.7 Å². The second kappa shape index (κ2) is 4.82. The molecule has 2 heterocycles. The molecule has 1 atom stereocenters. The molecular weight excluding hydrogens is 270 g/mol. The van der Waals surface area contributed by atoms with Crippen molar-refractivity contribution in [2.75, 3.05) is 12.3 Å². The molecule has 0 aromatic carbocycles. The molecule has 4 N–H and O–H groups in total. The monoisotopic (exact) mass is 287 g/mol. The van der Waals surface area contributed by atoms with Crippen LogP contribution in [0.4, 0.5) is 5.82 Å². The molecular formula is C10H17N5O3S. The highest BCUT2D eigenvalue weighted by atomic mass is 32.2. The predicted molar refractivity (Wildman–Crippen MR) is 68.7 cm³/mol. The van der Waals surface area contributed by atoms with Crippen LogP contribution in [0.3, 0.4) is 0 Å². The molecule has 1 amide bonds. The lowest BCUT2D eigenvalue weighted by Crippen LogP contribution is -2.47. The number of aromatic nitrogens is 2. The number of amides is 1. The fraction of sp³-hybridized carbons (Fsp3) is 0.600. The van der Waals surface area contributed by atoms with Crippen LogP contribution in [0, 0.1) is 6.92 Å². The Bertz CT molecular complexity index is 597. The van der Waals surface area contributed by atoms with Crippen molar-refractivity contribution in [3.8, 4) is 0 Å². The Morgan fingerprint density at radius 2 is 2.21 bits per heavy atom. The van der Waals surface area contributed by atoms with Crippen LogP contribution in [0.5, 0.6) is 0 Å². The van der Waals surface area contributed by atoms with Crippen LogP contribution in [0.1, 0.15) is 18.5 Å². The van der Waals surface area contributed by atoms with Gasteiger partial charge in [-0.1, -0.05) is 0 Å². The summed E-state index contributed by atoms with van der Waals surface area (Å²) in [7, 11) is -2.10. The van der Waals surface area contributed by atoms with Gasteiger partial charge in [0.1, 0.15) is 4.90 Å². The summed E-state index contributed by atoms with van der Waals surface area (Å²) in [6.07, 6.45) is 0.791. The maximum absolute atomic E-state index is 12.3. The van der Waals surface area contributed by atoms with E-state index < -0.39 is 10.0 Å². The molecule has 2 rings (SSSR count). The van der Waals surface area contributed by atoms with Gasteiger partial charge in [0.05, 0.1) is 5.69 Å². The second-order valence-electron chi connectivity index (χ2n) is 4.58. The lowest BCUT2D eigenvalue weighted by atomic mass is 10.1. The lowest BCUT2D eigenvalue weighted by Gasteiger charge is -2.23. The minimum Gasteiger partial charge on any atom is -0.381 e. The third-order valence-corrected chi connectivity index (χ3v) is 4.85. The first kappa shape index (κ1) is 13.8. The van der Waals surface area contributed by atoms with Crippen molar-refractivity contribution in [2.45, 2.75) is 30.7 Å². The minimum absolute atomic E-state index is 0.00639. The third-order valence-electron chi connectivity index (χ3n) is 3.16. The molecule has 1 aromatic rings. The molecule has 9 heteroatoms. The summed E-state index contributed by atoms with van der Waals surface area (Å²) in [6, 6.07) is -0.318. The van der Waals surface area contributed by atoms with E-state index in [1.807, 2.05) is 0 Å². The SMILES string of the molecule is Cc1c(S(=O)(=O)NC2CCC(=O)NC2)c(N)nn1C. The van der Waals surface area contributed by atoms with Crippen LogP contribution in [0.25, 0.3) is 0 Å². The highest BCUT2D eigenvalue weighted by molar-refractivity contribution is 7.89. The van der Waals surface area contributed by atoms with E-state index in [-0.39, 0.29) is 29.2 Å². The number of aryl methyl sites for hydroxylation is 1. The van der Waals surface area contributed by atoms with Crippen molar-refractivity contribution in [3.63, 3.8) is 0 Å². The van der Waals surface area contributed by atoms with E-state index in [1.165, 1.54) is 4.68 Å². The Kier molecular flexibility index (Phi) is 3.50. The Balaban J connectivity index is 2.21. The Morgan fingerprint density at radius 3 is 2.68 bits per heavy atom. The van der Waals surface area contributed by atoms with Crippen molar-refractivity contribution in [2.24, 2.45) is 7.05 Å². The van der Waals surface area contributed by atoms with Gasteiger partial charge in [-0.05, 0) is 13.3 Å². The highest BCUT2D eigenvalue weighted by Crippen LogP contribution is 2.21. The predicted octanol–water partition coefficient (Wildman–Crippen LogP) is -1.13. The topological polar surface area (TPSA) is 119 Å². The molecule has 0 aliphatic carbocycles. The first-order valence-electron chi connectivity index (χ1n) is 5.89. The summed E-state index contributed by atoms with van der Waals surface area (Å²) in [6.45, 7) is 1.93. The molecule has 1 fully saturated rings. The highest BCUT2D eigenvalue weighted by Gasteiger charge is 2.29. The van der Waals surface area contributed by atoms with Crippen LogP contribution in [0.2, 0.25) is 0 Å². The van der Waals surface area contributed by atoms with E-state index in [1.54, 1.807) is 14.0 Å². The van der Waals surface area contributed by atoms with Gasteiger partial charge in [-0.15, -0.1) is 0 Å². The molecule has 0 spiro atoms.